The number of carbonyl (C=O) groups is 1. The Morgan fingerprint density at radius 2 is 2.25 bits per heavy atom. The fraction of sp³-hybridized carbons (Fsp3) is 0.875. The Hall–Kier alpha value is -0.610. The van der Waals surface area contributed by atoms with Crippen molar-refractivity contribution in [3.05, 3.63) is 0 Å². The van der Waals surface area contributed by atoms with Crippen LogP contribution in [0.4, 0.5) is 0 Å². The average Bonchev–Trinajstić information content (AvgIpc) is 2.34. The number of aliphatic hydroxyl groups excluding tert-OH is 1. The van der Waals surface area contributed by atoms with Gasteiger partial charge in [0.2, 0.25) is 0 Å². The maximum absolute atomic E-state index is 11.2. The molecule has 1 rings (SSSR count). The van der Waals surface area contributed by atoms with E-state index in [9.17, 15) is 4.79 Å². The van der Waals surface area contributed by atoms with Crippen LogP contribution >= 0.6 is 0 Å². The molecule has 0 aromatic heterocycles. The number of ether oxygens (including phenoxy) is 1. The Balaban J connectivity index is 2.33. The van der Waals surface area contributed by atoms with Gasteiger partial charge in [-0.2, -0.15) is 0 Å². The highest BCUT2D eigenvalue weighted by molar-refractivity contribution is 5.76. The van der Waals surface area contributed by atoms with E-state index >= 15 is 0 Å². The van der Waals surface area contributed by atoms with Crippen LogP contribution in [0.1, 0.15) is 26.7 Å². The third kappa shape index (κ3) is 2.46. The van der Waals surface area contributed by atoms with Gasteiger partial charge in [0.25, 0.3) is 0 Å². The molecule has 0 bridgehead atoms. The van der Waals surface area contributed by atoms with E-state index in [1.165, 1.54) is 0 Å². The van der Waals surface area contributed by atoms with Gasteiger partial charge in [0.1, 0.15) is 12.3 Å². The molecule has 1 fully saturated rings. The van der Waals surface area contributed by atoms with Crippen LogP contribution in [0.15, 0.2) is 0 Å². The molecule has 0 radical (unpaired) electrons. The number of aliphatic hydroxyl groups is 1. The molecule has 1 aliphatic rings. The second-order valence-electron chi connectivity index (χ2n) is 3.30. The minimum absolute atomic E-state index is 0.0861. The molecule has 0 aliphatic carbocycles. The van der Waals surface area contributed by atoms with Crippen LogP contribution in [-0.2, 0) is 9.53 Å². The van der Waals surface area contributed by atoms with Crippen LogP contribution < -0.4 is 5.32 Å². The van der Waals surface area contributed by atoms with E-state index in [2.05, 4.69) is 5.32 Å². The van der Waals surface area contributed by atoms with Gasteiger partial charge in [0, 0.05) is 0 Å². The van der Waals surface area contributed by atoms with Gasteiger partial charge >= 0.3 is 5.97 Å². The summed E-state index contributed by atoms with van der Waals surface area (Å²) in [5.41, 5.74) is 0. The van der Waals surface area contributed by atoms with E-state index in [4.69, 9.17) is 9.84 Å². The van der Waals surface area contributed by atoms with E-state index < -0.39 is 6.23 Å². The molecule has 0 aromatic carbocycles. The van der Waals surface area contributed by atoms with Crippen molar-refractivity contribution >= 4 is 5.97 Å². The van der Waals surface area contributed by atoms with Crippen LogP contribution in [0.3, 0.4) is 0 Å². The summed E-state index contributed by atoms with van der Waals surface area (Å²) in [6.45, 7) is 3.62. The molecule has 0 aromatic rings. The highest BCUT2D eigenvalue weighted by Crippen LogP contribution is 2.11. The zero-order chi connectivity index (χ0) is 9.14. The predicted octanol–water partition coefficient (Wildman–Crippen LogP) is 0.00840. The number of carbonyl (C=O) groups excluding carboxylic acids is 1. The second-order valence-corrected chi connectivity index (χ2v) is 3.30. The number of nitrogens with one attached hydrogen (secondary N) is 1. The molecule has 0 saturated carbocycles. The van der Waals surface area contributed by atoms with E-state index in [1.807, 2.05) is 13.8 Å². The van der Waals surface area contributed by atoms with Crippen molar-refractivity contribution in [3.8, 4) is 0 Å². The highest BCUT2D eigenvalue weighted by atomic mass is 16.5. The number of esters is 1. The van der Waals surface area contributed by atoms with Gasteiger partial charge in [-0.1, -0.05) is 0 Å². The molecule has 1 heterocycles. The second kappa shape index (κ2) is 3.87. The first-order chi connectivity index (χ1) is 5.59. The van der Waals surface area contributed by atoms with Crippen molar-refractivity contribution < 1.29 is 14.6 Å². The Morgan fingerprint density at radius 1 is 1.58 bits per heavy atom. The lowest BCUT2D eigenvalue weighted by atomic mass is 10.2. The molecule has 2 atom stereocenters. The minimum atomic E-state index is -0.547. The van der Waals surface area contributed by atoms with Crippen LogP contribution in [0.25, 0.3) is 0 Å². The molecule has 70 valence electrons. The van der Waals surface area contributed by atoms with Crippen molar-refractivity contribution in [1.29, 1.82) is 0 Å². The Morgan fingerprint density at radius 3 is 2.67 bits per heavy atom. The van der Waals surface area contributed by atoms with Crippen molar-refractivity contribution in [2.75, 3.05) is 0 Å². The van der Waals surface area contributed by atoms with Crippen molar-refractivity contribution in [2.45, 2.75) is 45.1 Å². The molecule has 1 aliphatic heterocycles. The first-order valence-electron chi connectivity index (χ1n) is 4.24. The molecule has 0 spiro atoms. The standard InChI is InChI=1S/C8H15NO3/c1-5(2)12-8(11)6-3-4-7(10)9-6/h5-7,9-10H,3-4H2,1-2H3. The largest absolute Gasteiger partial charge is 0.462 e. The lowest BCUT2D eigenvalue weighted by Crippen LogP contribution is -2.37. The van der Waals surface area contributed by atoms with Gasteiger partial charge in [-0.15, -0.1) is 0 Å². The van der Waals surface area contributed by atoms with Crippen molar-refractivity contribution in [1.82, 2.24) is 5.32 Å². The number of hydrogen-bond donors (Lipinski definition) is 2. The van der Waals surface area contributed by atoms with E-state index in [0.29, 0.717) is 12.8 Å². The molecule has 4 nitrogen and oxygen atoms in total. The molecular weight excluding hydrogens is 158 g/mol. The Bertz CT molecular complexity index is 170. The summed E-state index contributed by atoms with van der Waals surface area (Å²) in [6.07, 6.45) is 0.650. The quantitative estimate of drug-likeness (QED) is 0.577. The molecular formula is C8H15NO3. The van der Waals surface area contributed by atoms with Crippen LogP contribution in [0.2, 0.25) is 0 Å². The fourth-order valence-electron chi connectivity index (χ4n) is 1.22. The van der Waals surface area contributed by atoms with Crippen LogP contribution in [0, 0.1) is 0 Å². The Labute approximate surface area is 71.9 Å². The first-order valence-corrected chi connectivity index (χ1v) is 4.24. The predicted molar refractivity (Wildman–Crippen MR) is 43.4 cm³/mol. The normalized spacial score (nSPS) is 29.3. The van der Waals surface area contributed by atoms with Gasteiger partial charge < -0.3 is 9.84 Å². The van der Waals surface area contributed by atoms with Gasteiger partial charge in [0.15, 0.2) is 0 Å². The van der Waals surface area contributed by atoms with Crippen LogP contribution in [-0.4, -0.2) is 29.4 Å². The summed E-state index contributed by atoms with van der Waals surface area (Å²) in [7, 11) is 0. The molecule has 12 heavy (non-hydrogen) atoms. The monoisotopic (exact) mass is 173 g/mol. The van der Waals surface area contributed by atoms with Gasteiger partial charge in [0.05, 0.1) is 6.10 Å². The van der Waals surface area contributed by atoms with Crippen molar-refractivity contribution in [3.63, 3.8) is 0 Å². The third-order valence-electron chi connectivity index (χ3n) is 1.76. The fourth-order valence-corrected chi connectivity index (χ4v) is 1.22. The van der Waals surface area contributed by atoms with Crippen molar-refractivity contribution in [2.24, 2.45) is 0 Å². The summed E-state index contributed by atoms with van der Waals surface area (Å²) in [6, 6.07) is -0.317. The Kier molecular flexibility index (Phi) is 3.05. The SMILES string of the molecule is CC(C)OC(=O)C1CCC(O)N1. The smallest absolute Gasteiger partial charge is 0.323 e. The first kappa shape index (κ1) is 9.48. The molecule has 2 N–H and O–H groups in total. The zero-order valence-electron chi connectivity index (χ0n) is 7.41. The number of hydrogen-bond acceptors (Lipinski definition) is 4. The lowest BCUT2D eigenvalue weighted by molar-refractivity contribution is -0.149. The number of rotatable bonds is 2. The lowest BCUT2D eigenvalue weighted by Gasteiger charge is -2.13. The van der Waals surface area contributed by atoms with Gasteiger partial charge in [-0.3, -0.25) is 10.1 Å². The summed E-state index contributed by atoms with van der Waals surface area (Å²) in [5.74, 6) is -0.262. The van der Waals surface area contributed by atoms with E-state index in [-0.39, 0.29) is 18.1 Å². The van der Waals surface area contributed by atoms with E-state index in [0.717, 1.165) is 0 Å². The molecule has 1 saturated heterocycles. The topological polar surface area (TPSA) is 58.6 Å². The summed E-state index contributed by atoms with van der Waals surface area (Å²) in [4.78, 5) is 11.2. The van der Waals surface area contributed by atoms with Crippen LogP contribution in [0.5, 0.6) is 0 Å². The third-order valence-corrected chi connectivity index (χ3v) is 1.76. The maximum atomic E-state index is 11.2. The average molecular weight is 173 g/mol. The van der Waals surface area contributed by atoms with E-state index in [1.54, 1.807) is 0 Å². The molecule has 4 heteroatoms. The summed E-state index contributed by atoms with van der Waals surface area (Å²) < 4.78 is 4.97. The van der Waals surface area contributed by atoms with Gasteiger partial charge in [-0.25, -0.2) is 0 Å². The highest BCUT2D eigenvalue weighted by Gasteiger charge is 2.29. The maximum Gasteiger partial charge on any atom is 0.323 e. The minimum Gasteiger partial charge on any atom is -0.462 e. The summed E-state index contributed by atoms with van der Waals surface area (Å²) >= 11 is 0. The zero-order valence-corrected chi connectivity index (χ0v) is 7.41. The molecule has 0 amide bonds. The van der Waals surface area contributed by atoms with Gasteiger partial charge in [-0.05, 0) is 26.7 Å². The summed E-state index contributed by atoms with van der Waals surface area (Å²) in [5, 5.41) is 11.8. The molecule has 2 unspecified atom stereocenters.